The van der Waals surface area contributed by atoms with E-state index in [1.807, 2.05) is 42.5 Å². The van der Waals surface area contributed by atoms with Crippen molar-refractivity contribution in [3.63, 3.8) is 0 Å². The van der Waals surface area contributed by atoms with E-state index in [9.17, 15) is 9.59 Å². The molecule has 0 amide bonds. The highest BCUT2D eigenvalue weighted by atomic mass is 16.5. The van der Waals surface area contributed by atoms with E-state index in [4.69, 9.17) is 4.74 Å². The lowest BCUT2D eigenvalue weighted by Gasteiger charge is -2.05. The molecule has 2 aromatic rings. The van der Waals surface area contributed by atoms with E-state index in [2.05, 4.69) is 0 Å². The second-order valence-electron chi connectivity index (χ2n) is 4.97. The summed E-state index contributed by atoms with van der Waals surface area (Å²) in [6.07, 6.45) is 2.46. The van der Waals surface area contributed by atoms with Gasteiger partial charge >= 0.3 is 5.97 Å². The standard InChI is InChI=1S/C18H14O3/c1-12(19)21-16-9-5-8-14-11-15(18(20)17(14)16)10-13-6-3-2-4-7-13/h2-10H,11H2,1H3/b15-10-. The van der Waals surface area contributed by atoms with Crippen molar-refractivity contribution < 1.29 is 14.3 Å². The third-order valence-electron chi connectivity index (χ3n) is 3.41. The van der Waals surface area contributed by atoms with Crippen molar-refractivity contribution in [3.05, 3.63) is 70.8 Å². The first-order valence-electron chi connectivity index (χ1n) is 6.76. The van der Waals surface area contributed by atoms with Crippen LogP contribution in [0.2, 0.25) is 0 Å². The Hall–Kier alpha value is -2.68. The van der Waals surface area contributed by atoms with E-state index in [1.165, 1.54) is 6.92 Å². The largest absolute Gasteiger partial charge is 0.426 e. The molecular formula is C18H14O3. The van der Waals surface area contributed by atoms with E-state index in [-0.39, 0.29) is 5.78 Å². The number of benzene rings is 2. The van der Waals surface area contributed by atoms with Gasteiger partial charge in [-0.1, -0.05) is 42.5 Å². The van der Waals surface area contributed by atoms with E-state index < -0.39 is 5.97 Å². The number of carbonyl (C=O) groups excluding carboxylic acids is 2. The van der Waals surface area contributed by atoms with Gasteiger partial charge in [0.15, 0.2) is 5.78 Å². The molecule has 3 heteroatoms. The lowest BCUT2D eigenvalue weighted by atomic mass is 10.1. The van der Waals surface area contributed by atoms with Gasteiger partial charge in [0.25, 0.3) is 0 Å². The van der Waals surface area contributed by atoms with Gasteiger partial charge in [0.2, 0.25) is 0 Å². The molecule has 3 rings (SSSR count). The molecule has 0 unspecified atom stereocenters. The molecule has 104 valence electrons. The molecule has 21 heavy (non-hydrogen) atoms. The van der Waals surface area contributed by atoms with Crippen LogP contribution in [-0.4, -0.2) is 11.8 Å². The number of ketones is 1. The van der Waals surface area contributed by atoms with Gasteiger partial charge in [0.1, 0.15) is 5.75 Å². The Morgan fingerprint density at radius 3 is 2.57 bits per heavy atom. The second-order valence-corrected chi connectivity index (χ2v) is 4.97. The van der Waals surface area contributed by atoms with Crippen molar-refractivity contribution >= 4 is 17.8 Å². The number of ether oxygens (including phenoxy) is 1. The number of rotatable bonds is 2. The van der Waals surface area contributed by atoms with E-state index in [1.54, 1.807) is 12.1 Å². The Labute approximate surface area is 122 Å². The highest BCUT2D eigenvalue weighted by Crippen LogP contribution is 2.34. The minimum Gasteiger partial charge on any atom is -0.426 e. The molecule has 0 aromatic heterocycles. The van der Waals surface area contributed by atoms with E-state index in [0.29, 0.717) is 17.7 Å². The fourth-order valence-corrected chi connectivity index (χ4v) is 2.53. The van der Waals surface area contributed by atoms with Gasteiger partial charge < -0.3 is 4.74 Å². The van der Waals surface area contributed by atoms with Gasteiger partial charge in [-0.25, -0.2) is 0 Å². The molecule has 1 aliphatic rings. The summed E-state index contributed by atoms with van der Waals surface area (Å²) in [6, 6.07) is 15.1. The monoisotopic (exact) mass is 278 g/mol. The molecule has 1 aliphatic carbocycles. The van der Waals surface area contributed by atoms with Crippen LogP contribution in [0.1, 0.15) is 28.4 Å². The zero-order valence-corrected chi connectivity index (χ0v) is 11.6. The molecule has 0 saturated carbocycles. The summed E-state index contributed by atoms with van der Waals surface area (Å²) >= 11 is 0. The molecule has 0 saturated heterocycles. The SMILES string of the molecule is CC(=O)Oc1cccc2c1C(=O)/C(=C\c1ccccc1)C2. The number of Topliss-reactive ketones (excluding diaryl/α,β-unsaturated/α-hetero) is 1. The number of esters is 1. The van der Waals surface area contributed by atoms with Crippen LogP contribution in [0.4, 0.5) is 0 Å². The quantitative estimate of drug-likeness (QED) is 0.480. The third kappa shape index (κ3) is 2.63. The predicted octanol–water partition coefficient (Wildman–Crippen LogP) is 3.43. The Morgan fingerprint density at radius 1 is 1.10 bits per heavy atom. The van der Waals surface area contributed by atoms with Crippen molar-refractivity contribution in [1.29, 1.82) is 0 Å². The zero-order valence-electron chi connectivity index (χ0n) is 11.6. The molecule has 0 spiro atoms. The first-order valence-corrected chi connectivity index (χ1v) is 6.76. The molecule has 0 fully saturated rings. The summed E-state index contributed by atoms with van der Waals surface area (Å²) in [5, 5.41) is 0. The fraction of sp³-hybridized carbons (Fsp3) is 0.111. The molecular weight excluding hydrogens is 264 g/mol. The number of hydrogen-bond acceptors (Lipinski definition) is 3. The van der Waals surface area contributed by atoms with Crippen LogP contribution >= 0.6 is 0 Å². The molecule has 0 heterocycles. The summed E-state index contributed by atoms with van der Waals surface area (Å²) in [5.74, 6) is -0.135. The lowest BCUT2D eigenvalue weighted by Crippen LogP contribution is -2.06. The van der Waals surface area contributed by atoms with Gasteiger partial charge in [-0.2, -0.15) is 0 Å². The molecule has 0 radical (unpaired) electrons. The van der Waals surface area contributed by atoms with E-state index in [0.717, 1.165) is 16.7 Å². The Kier molecular flexibility index (Phi) is 3.40. The van der Waals surface area contributed by atoms with Crippen molar-refractivity contribution in [2.24, 2.45) is 0 Å². The average molecular weight is 278 g/mol. The number of carbonyl (C=O) groups is 2. The Morgan fingerprint density at radius 2 is 1.86 bits per heavy atom. The average Bonchev–Trinajstić information content (AvgIpc) is 2.77. The second kappa shape index (κ2) is 5.37. The summed E-state index contributed by atoms with van der Waals surface area (Å²) < 4.78 is 5.14. The van der Waals surface area contributed by atoms with Crippen LogP contribution in [0.5, 0.6) is 5.75 Å². The van der Waals surface area contributed by atoms with Crippen LogP contribution in [0.3, 0.4) is 0 Å². The molecule has 0 atom stereocenters. The molecule has 0 aliphatic heterocycles. The number of fused-ring (bicyclic) bond motifs is 1. The lowest BCUT2D eigenvalue weighted by molar-refractivity contribution is -0.131. The van der Waals surface area contributed by atoms with Crippen molar-refractivity contribution in [2.75, 3.05) is 0 Å². The summed E-state index contributed by atoms with van der Waals surface area (Å²) in [6.45, 7) is 1.33. The topological polar surface area (TPSA) is 43.4 Å². The number of allylic oxidation sites excluding steroid dienone is 1. The molecule has 0 N–H and O–H groups in total. The van der Waals surface area contributed by atoms with Gasteiger partial charge in [0.05, 0.1) is 5.56 Å². The Bertz CT molecular complexity index is 742. The van der Waals surface area contributed by atoms with Gasteiger partial charge in [-0.05, 0) is 23.3 Å². The van der Waals surface area contributed by atoms with Crippen LogP contribution in [0.25, 0.3) is 6.08 Å². The minimum absolute atomic E-state index is 0.0642. The van der Waals surface area contributed by atoms with Crippen molar-refractivity contribution in [3.8, 4) is 5.75 Å². The van der Waals surface area contributed by atoms with Crippen LogP contribution in [-0.2, 0) is 11.2 Å². The van der Waals surface area contributed by atoms with Gasteiger partial charge in [-0.15, -0.1) is 0 Å². The first-order chi connectivity index (χ1) is 10.1. The maximum Gasteiger partial charge on any atom is 0.308 e. The van der Waals surface area contributed by atoms with Crippen molar-refractivity contribution in [2.45, 2.75) is 13.3 Å². The minimum atomic E-state index is -0.420. The highest BCUT2D eigenvalue weighted by molar-refractivity contribution is 6.17. The van der Waals surface area contributed by atoms with Crippen LogP contribution < -0.4 is 4.74 Å². The molecule has 3 nitrogen and oxygen atoms in total. The highest BCUT2D eigenvalue weighted by Gasteiger charge is 2.28. The maximum atomic E-state index is 12.5. The number of hydrogen-bond donors (Lipinski definition) is 0. The summed E-state index contributed by atoms with van der Waals surface area (Å²) in [5.41, 5.74) is 3.12. The molecule has 0 bridgehead atoms. The van der Waals surface area contributed by atoms with Gasteiger partial charge in [0, 0.05) is 18.9 Å². The van der Waals surface area contributed by atoms with E-state index >= 15 is 0 Å². The van der Waals surface area contributed by atoms with Gasteiger partial charge in [-0.3, -0.25) is 9.59 Å². The summed E-state index contributed by atoms with van der Waals surface area (Å²) in [7, 11) is 0. The molecule has 2 aromatic carbocycles. The fourth-order valence-electron chi connectivity index (χ4n) is 2.53. The zero-order chi connectivity index (χ0) is 14.8. The van der Waals surface area contributed by atoms with Crippen LogP contribution in [0.15, 0.2) is 54.1 Å². The normalized spacial score (nSPS) is 15.1. The Balaban J connectivity index is 1.99. The first kappa shape index (κ1) is 13.3. The third-order valence-corrected chi connectivity index (χ3v) is 3.41. The van der Waals surface area contributed by atoms with Crippen LogP contribution in [0, 0.1) is 0 Å². The van der Waals surface area contributed by atoms with Crippen molar-refractivity contribution in [1.82, 2.24) is 0 Å². The summed E-state index contributed by atoms with van der Waals surface area (Å²) in [4.78, 5) is 23.7. The smallest absolute Gasteiger partial charge is 0.308 e. The maximum absolute atomic E-state index is 12.5. The predicted molar refractivity (Wildman–Crippen MR) is 80.2 cm³/mol.